The lowest BCUT2D eigenvalue weighted by Gasteiger charge is -2.03. The minimum atomic E-state index is -0.174. The summed E-state index contributed by atoms with van der Waals surface area (Å²) in [5.41, 5.74) is 3.07. The molecule has 0 unspecified atom stereocenters. The summed E-state index contributed by atoms with van der Waals surface area (Å²) in [5.74, 6) is -0.174. The van der Waals surface area contributed by atoms with Crippen LogP contribution in [0.4, 0.5) is 0 Å². The van der Waals surface area contributed by atoms with Crippen molar-refractivity contribution in [1.29, 1.82) is 0 Å². The number of aromatic nitrogens is 2. The largest absolute Gasteiger partial charge is 0.350 e. The molecule has 0 aliphatic heterocycles. The van der Waals surface area contributed by atoms with Gasteiger partial charge in [0.25, 0.3) is 5.91 Å². The zero-order chi connectivity index (χ0) is 16.1. The zero-order valence-corrected chi connectivity index (χ0v) is 13.2. The summed E-state index contributed by atoms with van der Waals surface area (Å²) in [6.45, 7) is 0.573. The van der Waals surface area contributed by atoms with E-state index in [0.29, 0.717) is 23.0 Å². The third kappa shape index (κ3) is 3.79. The summed E-state index contributed by atoms with van der Waals surface area (Å²) in [6.07, 6.45) is 0.790. The molecule has 0 aliphatic rings. The molecule has 0 atom stereocenters. The second-order valence-corrected chi connectivity index (χ2v) is 5.55. The molecule has 3 rings (SSSR count). The molecule has 2 aromatic carbocycles. The second-order valence-electron chi connectivity index (χ2n) is 5.14. The van der Waals surface area contributed by atoms with Crippen molar-refractivity contribution in [2.45, 2.75) is 6.42 Å². The molecule has 1 heterocycles. The highest BCUT2D eigenvalue weighted by molar-refractivity contribution is 6.33. The van der Waals surface area contributed by atoms with Crippen molar-refractivity contribution in [3.8, 4) is 11.3 Å². The predicted octanol–water partition coefficient (Wildman–Crippen LogP) is 3.70. The molecule has 3 aromatic rings. The van der Waals surface area contributed by atoms with E-state index >= 15 is 0 Å². The zero-order valence-electron chi connectivity index (χ0n) is 12.4. The van der Waals surface area contributed by atoms with Gasteiger partial charge in [-0.3, -0.25) is 9.89 Å². The standard InChI is InChI=1S/C18H16ClN3O/c19-15-9-5-4-8-14(15)16-12-17(22-21-16)18(23)20-11-10-13-6-2-1-3-7-13/h1-9,12H,10-11H2,(H,20,23)(H,21,22). The van der Waals surface area contributed by atoms with E-state index in [4.69, 9.17) is 11.6 Å². The first-order valence-electron chi connectivity index (χ1n) is 7.36. The monoisotopic (exact) mass is 325 g/mol. The van der Waals surface area contributed by atoms with Gasteiger partial charge in [0.15, 0.2) is 0 Å². The summed E-state index contributed by atoms with van der Waals surface area (Å²) < 4.78 is 0. The van der Waals surface area contributed by atoms with Gasteiger partial charge in [-0.25, -0.2) is 0 Å². The first-order chi connectivity index (χ1) is 11.2. The predicted molar refractivity (Wildman–Crippen MR) is 91.5 cm³/mol. The van der Waals surface area contributed by atoms with Crippen molar-refractivity contribution >= 4 is 17.5 Å². The molecule has 1 aromatic heterocycles. The van der Waals surface area contributed by atoms with Crippen LogP contribution in [-0.4, -0.2) is 22.6 Å². The summed E-state index contributed by atoms with van der Waals surface area (Å²) >= 11 is 6.14. The molecule has 0 radical (unpaired) electrons. The first kappa shape index (κ1) is 15.3. The van der Waals surface area contributed by atoms with E-state index < -0.39 is 0 Å². The number of hydrogen-bond donors (Lipinski definition) is 2. The number of hydrogen-bond acceptors (Lipinski definition) is 2. The van der Waals surface area contributed by atoms with Crippen molar-refractivity contribution in [3.63, 3.8) is 0 Å². The lowest BCUT2D eigenvalue weighted by Crippen LogP contribution is -2.25. The highest BCUT2D eigenvalue weighted by Gasteiger charge is 2.12. The van der Waals surface area contributed by atoms with Gasteiger partial charge in [0.2, 0.25) is 0 Å². The maximum absolute atomic E-state index is 12.1. The Morgan fingerprint density at radius 1 is 1.09 bits per heavy atom. The number of nitrogens with one attached hydrogen (secondary N) is 2. The van der Waals surface area contributed by atoms with Gasteiger partial charge in [0.05, 0.1) is 10.7 Å². The maximum atomic E-state index is 12.1. The molecule has 0 fully saturated rings. The van der Waals surface area contributed by atoms with Gasteiger partial charge < -0.3 is 5.32 Å². The van der Waals surface area contributed by atoms with E-state index in [-0.39, 0.29) is 5.91 Å². The summed E-state index contributed by atoms with van der Waals surface area (Å²) in [6, 6.07) is 19.1. The van der Waals surface area contributed by atoms with Gasteiger partial charge in [-0.05, 0) is 24.1 Å². The van der Waals surface area contributed by atoms with Gasteiger partial charge in [0, 0.05) is 12.1 Å². The third-order valence-corrected chi connectivity index (χ3v) is 3.84. The van der Waals surface area contributed by atoms with E-state index in [0.717, 1.165) is 12.0 Å². The molecule has 0 aliphatic carbocycles. The number of carbonyl (C=O) groups excluding carboxylic acids is 1. The Labute approximate surface area is 139 Å². The van der Waals surface area contributed by atoms with Crippen LogP contribution in [-0.2, 0) is 6.42 Å². The molecule has 0 bridgehead atoms. The van der Waals surface area contributed by atoms with Crippen LogP contribution in [0.25, 0.3) is 11.3 Å². The second kappa shape index (κ2) is 7.11. The average Bonchev–Trinajstić information content (AvgIpc) is 3.06. The topological polar surface area (TPSA) is 57.8 Å². The molecule has 23 heavy (non-hydrogen) atoms. The number of carbonyl (C=O) groups is 1. The SMILES string of the molecule is O=C(NCCc1ccccc1)c1cc(-c2ccccc2Cl)n[nH]1. The van der Waals surface area contributed by atoms with Gasteiger partial charge in [0.1, 0.15) is 5.69 Å². The minimum Gasteiger partial charge on any atom is -0.350 e. The van der Waals surface area contributed by atoms with Crippen molar-refractivity contribution in [1.82, 2.24) is 15.5 Å². The fraction of sp³-hybridized carbons (Fsp3) is 0.111. The Kier molecular flexibility index (Phi) is 4.74. The Morgan fingerprint density at radius 3 is 2.61 bits per heavy atom. The smallest absolute Gasteiger partial charge is 0.269 e. The molecular formula is C18H16ClN3O. The van der Waals surface area contributed by atoms with Crippen molar-refractivity contribution in [2.24, 2.45) is 0 Å². The van der Waals surface area contributed by atoms with E-state index in [9.17, 15) is 4.79 Å². The van der Waals surface area contributed by atoms with Crippen LogP contribution in [0.1, 0.15) is 16.1 Å². The molecule has 116 valence electrons. The first-order valence-corrected chi connectivity index (χ1v) is 7.74. The normalized spacial score (nSPS) is 10.5. The quantitative estimate of drug-likeness (QED) is 0.751. The maximum Gasteiger partial charge on any atom is 0.269 e. The molecule has 5 heteroatoms. The molecule has 4 nitrogen and oxygen atoms in total. The van der Waals surface area contributed by atoms with E-state index in [1.165, 1.54) is 5.56 Å². The highest BCUT2D eigenvalue weighted by Crippen LogP contribution is 2.26. The Balaban J connectivity index is 1.62. The molecule has 0 saturated heterocycles. The van der Waals surface area contributed by atoms with Crippen molar-refractivity contribution < 1.29 is 4.79 Å². The van der Waals surface area contributed by atoms with E-state index in [1.54, 1.807) is 12.1 Å². The number of halogens is 1. The number of nitrogens with zero attached hydrogens (tertiary/aromatic N) is 1. The molecule has 2 N–H and O–H groups in total. The van der Waals surface area contributed by atoms with Crippen LogP contribution in [0.2, 0.25) is 5.02 Å². The van der Waals surface area contributed by atoms with Gasteiger partial charge in [-0.2, -0.15) is 5.10 Å². The Bertz CT molecular complexity index is 799. The number of H-pyrrole nitrogens is 1. The fourth-order valence-electron chi connectivity index (χ4n) is 2.31. The minimum absolute atomic E-state index is 0.174. The molecular weight excluding hydrogens is 310 g/mol. The van der Waals surface area contributed by atoms with Crippen LogP contribution in [0, 0.1) is 0 Å². The van der Waals surface area contributed by atoms with Crippen LogP contribution in [0.15, 0.2) is 60.7 Å². The summed E-state index contributed by atoms with van der Waals surface area (Å²) in [5, 5.41) is 10.4. The van der Waals surface area contributed by atoms with Crippen LogP contribution >= 0.6 is 11.6 Å². The highest BCUT2D eigenvalue weighted by atomic mass is 35.5. The van der Waals surface area contributed by atoms with Crippen LogP contribution in [0.3, 0.4) is 0 Å². The van der Waals surface area contributed by atoms with E-state index in [2.05, 4.69) is 15.5 Å². The van der Waals surface area contributed by atoms with Gasteiger partial charge in [-0.1, -0.05) is 60.1 Å². The Morgan fingerprint density at radius 2 is 1.83 bits per heavy atom. The summed E-state index contributed by atoms with van der Waals surface area (Å²) in [4.78, 5) is 12.1. The van der Waals surface area contributed by atoms with Gasteiger partial charge >= 0.3 is 0 Å². The van der Waals surface area contributed by atoms with Crippen molar-refractivity contribution in [2.75, 3.05) is 6.54 Å². The van der Waals surface area contributed by atoms with Crippen molar-refractivity contribution in [3.05, 3.63) is 76.9 Å². The number of aromatic amines is 1. The Hall–Kier alpha value is -2.59. The van der Waals surface area contributed by atoms with Gasteiger partial charge in [-0.15, -0.1) is 0 Å². The van der Waals surface area contributed by atoms with E-state index in [1.807, 2.05) is 48.5 Å². The average molecular weight is 326 g/mol. The lowest BCUT2D eigenvalue weighted by molar-refractivity contribution is 0.0949. The lowest BCUT2D eigenvalue weighted by atomic mass is 10.1. The van der Waals surface area contributed by atoms with Crippen LogP contribution in [0.5, 0.6) is 0 Å². The molecule has 0 saturated carbocycles. The third-order valence-electron chi connectivity index (χ3n) is 3.51. The fourth-order valence-corrected chi connectivity index (χ4v) is 2.54. The number of rotatable bonds is 5. The molecule has 0 spiro atoms. The summed E-state index contributed by atoms with van der Waals surface area (Å²) in [7, 11) is 0. The van der Waals surface area contributed by atoms with Crippen LogP contribution < -0.4 is 5.32 Å². The molecule has 1 amide bonds. The number of benzene rings is 2. The number of amides is 1.